The van der Waals surface area contributed by atoms with E-state index in [4.69, 9.17) is 0 Å². The lowest BCUT2D eigenvalue weighted by molar-refractivity contribution is -0.116. The molecule has 0 spiro atoms. The Balaban J connectivity index is 1.78. The van der Waals surface area contributed by atoms with E-state index >= 15 is 0 Å². The molecule has 0 atom stereocenters. The minimum Gasteiger partial charge on any atom is -0.300 e. The highest BCUT2D eigenvalue weighted by molar-refractivity contribution is 7.22. The molecule has 0 aliphatic carbocycles. The molecular formula is C15H16N4OS. The number of thiazole rings is 1. The zero-order valence-corrected chi connectivity index (χ0v) is 13.0. The van der Waals surface area contributed by atoms with Crippen LogP contribution in [0.4, 0.5) is 5.13 Å². The Hall–Kier alpha value is -2.21. The fourth-order valence-electron chi connectivity index (χ4n) is 2.28. The lowest BCUT2D eigenvalue weighted by Gasteiger charge is -2.01. The predicted molar refractivity (Wildman–Crippen MR) is 84.7 cm³/mol. The zero-order chi connectivity index (χ0) is 15.0. The largest absolute Gasteiger partial charge is 0.300 e. The van der Waals surface area contributed by atoms with Crippen LogP contribution >= 0.6 is 11.3 Å². The normalized spacial score (nSPS) is 11.0. The van der Waals surface area contributed by atoms with Gasteiger partial charge in [0.1, 0.15) is 6.54 Å². The first kappa shape index (κ1) is 13.8. The van der Waals surface area contributed by atoms with E-state index in [1.54, 1.807) is 10.9 Å². The standard InChI is InChI=1S/C15H16N4OS/c1-9-4-11(3)14-12(5-9)21-15(18-14)17-13(20)8-19-7-10(2)6-16-19/h4-7H,8H2,1-3H3,(H,17,18,20). The maximum absolute atomic E-state index is 12.0. The highest BCUT2D eigenvalue weighted by Gasteiger charge is 2.10. The summed E-state index contributed by atoms with van der Waals surface area (Å²) in [6.45, 7) is 6.24. The first-order valence-corrected chi connectivity index (χ1v) is 7.49. The minimum absolute atomic E-state index is 0.119. The number of nitrogens with one attached hydrogen (secondary N) is 1. The second-order valence-corrected chi connectivity index (χ2v) is 6.24. The first-order valence-electron chi connectivity index (χ1n) is 6.68. The number of aromatic nitrogens is 3. The molecular weight excluding hydrogens is 284 g/mol. The molecule has 1 N–H and O–H groups in total. The summed E-state index contributed by atoms with van der Waals surface area (Å²) >= 11 is 1.50. The van der Waals surface area contributed by atoms with Gasteiger partial charge in [0.25, 0.3) is 0 Å². The summed E-state index contributed by atoms with van der Waals surface area (Å²) in [5, 5.41) is 7.58. The van der Waals surface area contributed by atoms with Crippen molar-refractivity contribution in [3.8, 4) is 0 Å². The number of anilines is 1. The molecule has 2 aromatic heterocycles. The van der Waals surface area contributed by atoms with Crippen molar-refractivity contribution >= 4 is 32.6 Å². The van der Waals surface area contributed by atoms with Crippen LogP contribution in [0.3, 0.4) is 0 Å². The highest BCUT2D eigenvalue weighted by Crippen LogP contribution is 2.29. The van der Waals surface area contributed by atoms with Crippen molar-refractivity contribution in [3.05, 3.63) is 41.2 Å². The number of amides is 1. The quantitative estimate of drug-likeness (QED) is 0.808. The van der Waals surface area contributed by atoms with Gasteiger partial charge in [-0.05, 0) is 43.5 Å². The van der Waals surface area contributed by atoms with Crippen LogP contribution in [-0.2, 0) is 11.3 Å². The predicted octanol–water partition coefficient (Wildman–Crippen LogP) is 3.06. The number of carbonyl (C=O) groups excluding carboxylic acids is 1. The molecule has 1 amide bonds. The van der Waals surface area contributed by atoms with E-state index in [0.29, 0.717) is 5.13 Å². The van der Waals surface area contributed by atoms with E-state index in [-0.39, 0.29) is 12.5 Å². The van der Waals surface area contributed by atoms with Crippen molar-refractivity contribution in [2.75, 3.05) is 5.32 Å². The maximum Gasteiger partial charge on any atom is 0.247 e. The summed E-state index contributed by atoms with van der Waals surface area (Å²) in [5.74, 6) is -0.119. The van der Waals surface area contributed by atoms with E-state index in [0.717, 1.165) is 21.3 Å². The number of carbonyl (C=O) groups is 1. The molecule has 108 valence electrons. The number of nitrogens with zero attached hydrogens (tertiary/aromatic N) is 3. The summed E-state index contributed by atoms with van der Waals surface area (Å²) in [7, 11) is 0. The van der Waals surface area contributed by atoms with Crippen LogP contribution in [0.15, 0.2) is 24.5 Å². The van der Waals surface area contributed by atoms with Crippen LogP contribution < -0.4 is 5.32 Å². The van der Waals surface area contributed by atoms with Gasteiger partial charge in [-0.1, -0.05) is 17.4 Å². The Bertz CT molecular complexity index is 818. The number of benzene rings is 1. The van der Waals surface area contributed by atoms with Crippen molar-refractivity contribution in [2.45, 2.75) is 27.3 Å². The van der Waals surface area contributed by atoms with Crippen LogP contribution in [0, 0.1) is 20.8 Å². The molecule has 0 unspecified atom stereocenters. The second kappa shape index (κ2) is 5.29. The smallest absolute Gasteiger partial charge is 0.247 e. The lowest BCUT2D eigenvalue weighted by atomic mass is 10.1. The van der Waals surface area contributed by atoms with Crippen molar-refractivity contribution in [3.63, 3.8) is 0 Å². The summed E-state index contributed by atoms with van der Waals surface area (Å²) in [6.07, 6.45) is 3.57. The van der Waals surface area contributed by atoms with Crippen LogP contribution in [0.5, 0.6) is 0 Å². The summed E-state index contributed by atoms with van der Waals surface area (Å²) < 4.78 is 2.71. The summed E-state index contributed by atoms with van der Waals surface area (Å²) in [4.78, 5) is 16.5. The molecule has 0 fully saturated rings. The maximum atomic E-state index is 12.0. The second-order valence-electron chi connectivity index (χ2n) is 5.21. The average molecular weight is 300 g/mol. The molecule has 1 aromatic carbocycles. The zero-order valence-electron chi connectivity index (χ0n) is 12.2. The van der Waals surface area contributed by atoms with Crippen molar-refractivity contribution in [1.82, 2.24) is 14.8 Å². The van der Waals surface area contributed by atoms with Crippen LogP contribution in [-0.4, -0.2) is 20.7 Å². The molecule has 2 heterocycles. The number of hydrogen-bond donors (Lipinski definition) is 1. The molecule has 0 saturated carbocycles. The molecule has 3 aromatic rings. The van der Waals surface area contributed by atoms with E-state index in [1.165, 1.54) is 16.9 Å². The number of fused-ring (bicyclic) bond motifs is 1. The van der Waals surface area contributed by atoms with Gasteiger partial charge >= 0.3 is 0 Å². The van der Waals surface area contributed by atoms with Crippen molar-refractivity contribution in [1.29, 1.82) is 0 Å². The molecule has 0 aliphatic heterocycles. The van der Waals surface area contributed by atoms with Gasteiger partial charge in [-0.2, -0.15) is 5.10 Å². The fraction of sp³-hybridized carbons (Fsp3) is 0.267. The molecule has 5 nitrogen and oxygen atoms in total. The van der Waals surface area contributed by atoms with Gasteiger partial charge in [0.2, 0.25) is 5.91 Å². The SMILES string of the molecule is Cc1cc(C)c2nc(NC(=O)Cn3cc(C)cn3)sc2c1. The Morgan fingerprint density at radius 3 is 2.81 bits per heavy atom. The van der Waals surface area contributed by atoms with Crippen LogP contribution in [0.2, 0.25) is 0 Å². The van der Waals surface area contributed by atoms with Crippen LogP contribution in [0.1, 0.15) is 16.7 Å². The van der Waals surface area contributed by atoms with E-state index in [2.05, 4.69) is 34.5 Å². The molecule has 0 aliphatic rings. The average Bonchev–Trinajstić information content (AvgIpc) is 2.95. The topological polar surface area (TPSA) is 59.8 Å². The third-order valence-corrected chi connectivity index (χ3v) is 4.06. The van der Waals surface area contributed by atoms with Gasteiger partial charge in [0.15, 0.2) is 5.13 Å². The van der Waals surface area contributed by atoms with E-state index in [9.17, 15) is 4.79 Å². The van der Waals surface area contributed by atoms with E-state index < -0.39 is 0 Å². The van der Waals surface area contributed by atoms with Crippen LogP contribution in [0.25, 0.3) is 10.2 Å². The lowest BCUT2D eigenvalue weighted by Crippen LogP contribution is -2.18. The molecule has 3 rings (SSSR count). The van der Waals surface area contributed by atoms with Gasteiger partial charge in [-0.3, -0.25) is 9.48 Å². The Labute approximate surface area is 126 Å². The Kier molecular flexibility index (Phi) is 3.47. The van der Waals surface area contributed by atoms with Gasteiger partial charge in [-0.25, -0.2) is 4.98 Å². The molecule has 0 saturated heterocycles. The monoisotopic (exact) mass is 300 g/mol. The third kappa shape index (κ3) is 2.95. The van der Waals surface area contributed by atoms with Crippen molar-refractivity contribution < 1.29 is 4.79 Å². The molecule has 0 radical (unpaired) electrons. The molecule has 6 heteroatoms. The van der Waals surface area contributed by atoms with E-state index in [1.807, 2.05) is 20.0 Å². The van der Waals surface area contributed by atoms with Gasteiger partial charge < -0.3 is 5.32 Å². The highest BCUT2D eigenvalue weighted by atomic mass is 32.1. The van der Waals surface area contributed by atoms with Gasteiger partial charge in [0, 0.05) is 6.20 Å². The third-order valence-electron chi connectivity index (χ3n) is 3.14. The molecule has 0 bridgehead atoms. The Morgan fingerprint density at radius 1 is 1.29 bits per heavy atom. The first-order chi connectivity index (χ1) is 10.0. The van der Waals surface area contributed by atoms with Gasteiger partial charge in [0.05, 0.1) is 16.4 Å². The number of aryl methyl sites for hydroxylation is 3. The summed E-state index contributed by atoms with van der Waals surface area (Å²) in [6, 6.07) is 4.19. The Morgan fingerprint density at radius 2 is 2.10 bits per heavy atom. The molecule has 21 heavy (non-hydrogen) atoms. The minimum atomic E-state index is -0.119. The van der Waals surface area contributed by atoms with Gasteiger partial charge in [-0.15, -0.1) is 0 Å². The van der Waals surface area contributed by atoms with Crippen molar-refractivity contribution in [2.24, 2.45) is 0 Å². The number of hydrogen-bond acceptors (Lipinski definition) is 4. The summed E-state index contributed by atoms with van der Waals surface area (Å²) in [5.41, 5.74) is 4.32. The fourth-order valence-corrected chi connectivity index (χ4v) is 3.34. The number of rotatable bonds is 3.